The van der Waals surface area contributed by atoms with Crippen molar-refractivity contribution in [3.8, 4) is 34.3 Å². The molecule has 3 aliphatic heterocycles. The molecule has 41 heavy (non-hydrogen) atoms. The van der Waals surface area contributed by atoms with Crippen LogP contribution in [0.15, 0.2) is 39.4 Å². The van der Waals surface area contributed by atoms with Gasteiger partial charge < -0.3 is 23.3 Å². The maximum Gasteiger partial charge on any atom is 0.145 e. The van der Waals surface area contributed by atoms with Crippen LogP contribution in [0.2, 0.25) is 0 Å². The highest BCUT2D eigenvalue weighted by Gasteiger charge is 2.23. The van der Waals surface area contributed by atoms with Gasteiger partial charge >= 0.3 is 0 Å². The zero-order valence-corrected chi connectivity index (χ0v) is 30.3. The summed E-state index contributed by atoms with van der Waals surface area (Å²) in [6.45, 7) is 4.48. The third-order valence-corrected chi connectivity index (χ3v) is 10.7. The zero-order chi connectivity index (χ0) is 28.4. The van der Waals surface area contributed by atoms with E-state index in [1.54, 1.807) is 12.1 Å². The summed E-state index contributed by atoms with van der Waals surface area (Å²) in [5, 5.41) is 0. The normalized spacial score (nSPS) is 14.5. The molecule has 1 saturated heterocycles. The number of halogens is 7. The molecule has 7 rings (SSSR count). The Labute approximate surface area is 294 Å². The quantitative estimate of drug-likeness (QED) is 0.165. The van der Waals surface area contributed by atoms with E-state index < -0.39 is 0 Å². The van der Waals surface area contributed by atoms with Crippen molar-refractivity contribution in [2.75, 3.05) is 26.4 Å². The molecular weight excluding hydrogens is 1010 g/mol. The third kappa shape index (κ3) is 7.75. The van der Waals surface area contributed by atoms with Crippen LogP contribution in [0.5, 0.6) is 11.5 Å². The molecule has 5 heterocycles. The van der Waals surface area contributed by atoms with Crippen LogP contribution in [0, 0.1) is 22.7 Å². The van der Waals surface area contributed by atoms with Crippen LogP contribution in [-0.2, 0) is 17.8 Å². The Morgan fingerprint density at radius 3 is 1.88 bits per heavy atom. The monoisotopic (exact) mass is 1030 g/mol. The average Bonchev–Trinajstić information content (AvgIpc) is 3.63. The number of nitrogens with zero attached hydrogens (tertiary/aromatic N) is 4. The van der Waals surface area contributed by atoms with Gasteiger partial charge in [0.1, 0.15) is 59.1 Å². The van der Waals surface area contributed by atoms with Crippen LogP contribution >= 0.6 is 99.6 Å². The van der Waals surface area contributed by atoms with Crippen LogP contribution in [0.25, 0.3) is 22.8 Å². The van der Waals surface area contributed by atoms with Crippen LogP contribution < -0.4 is 9.47 Å². The lowest BCUT2D eigenvalue weighted by Crippen LogP contribution is -2.07. The minimum Gasteiger partial charge on any atom is -0.491 e. The van der Waals surface area contributed by atoms with Crippen molar-refractivity contribution in [3.63, 3.8) is 0 Å². The summed E-state index contributed by atoms with van der Waals surface area (Å²) >= 11 is 13.0. The number of aromatic nitrogens is 4. The van der Waals surface area contributed by atoms with Crippen molar-refractivity contribution < 1.29 is 23.0 Å². The molecule has 2 aromatic carbocycles. The van der Waals surface area contributed by atoms with Crippen molar-refractivity contribution in [1.82, 2.24) is 19.1 Å². The fraction of sp³-hybridized carbons (Fsp3) is 0.333. The van der Waals surface area contributed by atoms with Crippen molar-refractivity contribution in [2.24, 2.45) is 0 Å². The Bertz CT molecular complexity index is 1540. The summed E-state index contributed by atoms with van der Waals surface area (Å²) in [5.41, 5.74) is 1.64. The van der Waals surface area contributed by atoms with Gasteiger partial charge in [-0.25, -0.2) is 18.7 Å². The Morgan fingerprint density at radius 1 is 0.756 bits per heavy atom. The molecule has 1 fully saturated rings. The molecule has 0 spiro atoms. The van der Waals surface area contributed by atoms with E-state index in [2.05, 4.69) is 114 Å². The first-order valence-corrected chi connectivity index (χ1v) is 17.0. The average molecular weight is 1030 g/mol. The number of imidazole rings is 2. The third-order valence-electron chi connectivity index (χ3n) is 6.13. The molecule has 0 aliphatic carbocycles. The number of hydrogen-bond acceptors (Lipinski definition) is 5. The fourth-order valence-electron chi connectivity index (χ4n) is 4.24. The van der Waals surface area contributed by atoms with Gasteiger partial charge in [-0.15, -0.1) is 0 Å². The molecule has 3 aliphatic rings. The Morgan fingerprint density at radius 2 is 1.32 bits per heavy atom. The Balaban J connectivity index is 0.000000158. The molecule has 7 nitrogen and oxygen atoms in total. The molecule has 14 heteroatoms. The molecule has 0 N–H and O–H groups in total. The maximum atomic E-state index is 13.5. The van der Waals surface area contributed by atoms with Crippen LogP contribution in [0.3, 0.4) is 0 Å². The number of hydrogen-bond donors (Lipinski definition) is 0. The summed E-state index contributed by atoms with van der Waals surface area (Å²) < 4.78 is 51.0. The second kappa shape index (κ2) is 14.9. The molecule has 0 unspecified atom stereocenters. The van der Waals surface area contributed by atoms with Gasteiger partial charge in [-0.05, 0) is 125 Å². The Hall–Kier alpha value is -0.570. The highest BCUT2D eigenvalue weighted by Crippen LogP contribution is 2.38. The van der Waals surface area contributed by atoms with E-state index in [4.69, 9.17) is 14.2 Å². The van der Waals surface area contributed by atoms with E-state index in [1.807, 2.05) is 10.8 Å². The fourth-order valence-corrected chi connectivity index (χ4v) is 6.60. The van der Waals surface area contributed by atoms with Gasteiger partial charge in [-0.2, -0.15) is 0 Å². The highest BCUT2D eigenvalue weighted by atomic mass is 127. The van der Waals surface area contributed by atoms with Gasteiger partial charge in [0.2, 0.25) is 0 Å². The van der Waals surface area contributed by atoms with Crippen molar-refractivity contribution in [3.05, 3.63) is 62.1 Å². The van der Waals surface area contributed by atoms with Crippen LogP contribution in [0.4, 0.5) is 8.78 Å². The molecule has 220 valence electrons. The van der Waals surface area contributed by atoms with Crippen molar-refractivity contribution >= 4 is 99.6 Å². The molecule has 0 radical (unpaired) electrons. The van der Waals surface area contributed by atoms with E-state index in [-0.39, 0.29) is 19.1 Å². The first kappa shape index (κ1) is 33.3. The summed E-state index contributed by atoms with van der Waals surface area (Å²) in [4.78, 5) is 8.99. The van der Waals surface area contributed by atoms with Crippen molar-refractivity contribution in [2.45, 2.75) is 33.4 Å². The molecule has 0 saturated carbocycles. The number of fused-ring (bicyclic) bond motifs is 6. The summed E-state index contributed by atoms with van der Waals surface area (Å²) in [7, 11) is 0. The van der Waals surface area contributed by atoms with Gasteiger partial charge in [0, 0.05) is 31.5 Å². The van der Waals surface area contributed by atoms with Gasteiger partial charge in [-0.1, -0.05) is 7.43 Å². The first-order valence-electron chi connectivity index (χ1n) is 12.2. The molecule has 4 aromatic rings. The SMILES string of the molecule is C.C1CCOC1.Fc1cc2c(cc1Br)-c1nc(I)c(I)n1CCO2.Fc1cc2c(cc1Br)-c1nc(I)cn1CCO2. The molecule has 0 atom stereocenters. The minimum absolute atomic E-state index is 0. The highest BCUT2D eigenvalue weighted by molar-refractivity contribution is 14.1. The zero-order valence-electron chi connectivity index (χ0n) is 20.7. The van der Waals surface area contributed by atoms with Crippen LogP contribution in [-0.4, -0.2) is 45.5 Å². The summed E-state index contributed by atoms with van der Waals surface area (Å²) in [6.07, 6.45) is 4.52. The molecule has 2 aromatic heterocycles. The molecular formula is C27H25Br2F2I3N4O3. The van der Waals surface area contributed by atoms with Gasteiger partial charge in [0.05, 0.1) is 33.2 Å². The molecule has 0 amide bonds. The lowest BCUT2D eigenvalue weighted by molar-refractivity contribution is 0.198. The Kier molecular flexibility index (Phi) is 12.1. The second-order valence-corrected chi connectivity index (χ2v) is 13.6. The second-order valence-electron chi connectivity index (χ2n) is 8.79. The van der Waals surface area contributed by atoms with Gasteiger partial charge in [0.15, 0.2) is 0 Å². The predicted molar refractivity (Wildman–Crippen MR) is 187 cm³/mol. The maximum absolute atomic E-state index is 13.5. The van der Waals surface area contributed by atoms with Gasteiger partial charge in [0.25, 0.3) is 0 Å². The van der Waals surface area contributed by atoms with E-state index in [1.165, 1.54) is 25.0 Å². The summed E-state index contributed by atoms with van der Waals surface area (Å²) in [5.74, 6) is 2.11. The lowest BCUT2D eigenvalue weighted by Gasteiger charge is -2.07. The first-order chi connectivity index (χ1) is 19.2. The minimum atomic E-state index is -0.321. The lowest BCUT2D eigenvalue weighted by atomic mass is 10.2. The topological polar surface area (TPSA) is 63.3 Å². The number of benzene rings is 2. The standard InChI is InChI=1S/C11H6BrFI2N2O.C11H7BrFIN2O.C4H8O.CH4/c12-6-3-5-8(4-7(6)13)18-2-1-17-10(15)9(14)16-11(5)17;12-7-3-6-9(4-8(7)13)17-2-1-16-5-10(14)15-11(6)16;1-2-4-5-3-1;/h3-4H,1-2H2;3-5H,1-2H2;1-4H2;1H4. The largest absolute Gasteiger partial charge is 0.491 e. The van der Waals surface area contributed by atoms with Crippen molar-refractivity contribution in [1.29, 1.82) is 0 Å². The van der Waals surface area contributed by atoms with E-state index >= 15 is 0 Å². The van der Waals surface area contributed by atoms with E-state index in [0.717, 1.165) is 60.2 Å². The van der Waals surface area contributed by atoms with Crippen LogP contribution in [0.1, 0.15) is 20.3 Å². The van der Waals surface area contributed by atoms with Gasteiger partial charge in [-0.3, -0.25) is 0 Å². The predicted octanol–water partition coefficient (Wildman–Crippen LogP) is 8.93. The van der Waals surface area contributed by atoms with E-state index in [9.17, 15) is 8.78 Å². The number of rotatable bonds is 0. The number of ether oxygens (including phenoxy) is 3. The van der Waals surface area contributed by atoms with E-state index in [0.29, 0.717) is 33.7 Å². The summed E-state index contributed by atoms with van der Waals surface area (Å²) in [6, 6.07) is 6.24. The smallest absolute Gasteiger partial charge is 0.145 e. The molecule has 0 bridgehead atoms.